The quantitative estimate of drug-likeness (QED) is 0.411. The van der Waals surface area contributed by atoms with E-state index >= 15 is 0 Å². The van der Waals surface area contributed by atoms with Crippen molar-refractivity contribution < 1.29 is 18.7 Å². The molecule has 0 fully saturated rings. The Morgan fingerprint density at radius 2 is 2.06 bits per heavy atom. The Morgan fingerprint density at radius 1 is 1.38 bits per heavy atom. The molecule has 0 aliphatic heterocycles. The number of carbonyl (C=O) groups excluding carboxylic acids is 1. The van der Waals surface area contributed by atoms with Crippen LogP contribution in [0.15, 0.2) is 29.9 Å². The molecule has 10 heteroatoms. The van der Waals surface area contributed by atoms with Gasteiger partial charge in [0.15, 0.2) is 11.6 Å². The molecule has 32 heavy (non-hydrogen) atoms. The second kappa shape index (κ2) is 10.3. The smallest absolute Gasteiger partial charge is 0.255 e. The molecule has 2 rings (SSSR count). The van der Waals surface area contributed by atoms with Crippen molar-refractivity contribution in [1.29, 1.82) is 0 Å². The van der Waals surface area contributed by atoms with Crippen molar-refractivity contribution in [2.24, 2.45) is 4.99 Å². The van der Waals surface area contributed by atoms with Gasteiger partial charge < -0.3 is 21.1 Å². The van der Waals surface area contributed by atoms with E-state index in [4.69, 9.17) is 0 Å². The number of hydrogen-bond acceptors (Lipinski definition) is 7. The molecule has 0 saturated heterocycles. The van der Waals surface area contributed by atoms with Gasteiger partial charge in [-0.3, -0.25) is 9.79 Å². The minimum absolute atomic E-state index is 0.0396. The molecule has 2 aromatic heterocycles. The number of rotatable bonds is 10. The molecule has 0 aromatic carbocycles. The lowest BCUT2D eigenvalue weighted by Crippen LogP contribution is -2.42. The van der Waals surface area contributed by atoms with Gasteiger partial charge in [-0.2, -0.15) is 0 Å². The number of aromatic nitrogens is 2. The molecule has 2 heterocycles. The van der Waals surface area contributed by atoms with Crippen molar-refractivity contribution in [2.45, 2.75) is 45.5 Å². The first kappa shape index (κ1) is 24.9. The van der Waals surface area contributed by atoms with Crippen LogP contribution in [-0.2, 0) is 0 Å². The molecule has 2 aromatic rings. The Balaban J connectivity index is 2.31. The molecular formula is C22H28F2N6O2. The van der Waals surface area contributed by atoms with E-state index in [0.717, 1.165) is 0 Å². The summed E-state index contributed by atoms with van der Waals surface area (Å²) >= 11 is 0. The van der Waals surface area contributed by atoms with E-state index in [-0.39, 0.29) is 35.5 Å². The van der Waals surface area contributed by atoms with Gasteiger partial charge in [0.2, 0.25) is 0 Å². The van der Waals surface area contributed by atoms with Crippen LogP contribution in [0.25, 0.3) is 6.08 Å². The summed E-state index contributed by atoms with van der Waals surface area (Å²) in [5.74, 6) is -1.11. The zero-order valence-electron chi connectivity index (χ0n) is 18.5. The molecule has 0 bridgehead atoms. The maximum Gasteiger partial charge on any atom is 0.255 e. The third kappa shape index (κ3) is 6.30. The molecule has 8 nitrogen and oxygen atoms in total. The number of alkyl halides is 1. The highest BCUT2D eigenvalue weighted by Gasteiger charge is 2.27. The van der Waals surface area contributed by atoms with E-state index in [1.807, 2.05) is 13.8 Å². The Hall–Kier alpha value is -3.40. The molecule has 0 aliphatic rings. The predicted molar refractivity (Wildman–Crippen MR) is 123 cm³/mol. The Morgan fingerprint density at radius 3 is 2.62 bits per heavy atom. The Kier molecular flexibility index (Phi) is 7.98. The molecule has 1 amide bonds. The number of anilines is 3. The van der Waals surface area contributed by atoms with E-state index in [2.05, 4.69) is 44.2 Å². The second-order valence-corrected chi connectivity index (χ2v) is 7.96. The fourth-order valence-electron chi connectivity index (χ4n) is 2.64. The first-order chi connectivity index (χ1) is 15.0. The molecule has 0 aliphatic carbocycles. The summed E-state index contributed by atoms with van der Waals surface area (Å²) in [6.07, 6.45) is 1.06. The van der Waals surface area contributed by atoms with E-state index in [0.29, 0.717) is 11.4 Å². The van der Waals surface area contributed by atoms with E-state index in [1.165, 1.54) is 38.3 Å². The fraction of sp³-hybridized carbons (Fsp3) is 0.364. The summed E-state index contributed by atoms with van der Waals surface area (Å²) in [4.78, 5) is 24.6. The van der Waals surface area contributed by atoms with E-state index in [1.54, 1.807) is 0 Å². The van der Waals surface area contributed by atoms with Crippen molar-refractivity contribution in [3.05, 3.63) is 42.0 Å². The molecule has 172 valence electrons. The van der Waals surface area contributed by atoms with E-state index < -0.39 is 23.5 Å². The number of nitrogens with zero attached hydrogens (tertiary/aromatic N) is 3. The first-order valence-corrected chi connectivity index (χ1v) is 9.94. The summed E-state index contributed by atoms with van der Waals surface area (Å²) in [6, 6.07) is 2.65. The molecule has 4 N–H and O–H groups in total. The largest absolute Gasteiger partial charge is 0.387 e. The minimum Gasteiger partial charge on any atom is -0.387 e. The summed E-state index contributed by atoms with van der Waals surface area (Å²) in [6.45, 7) is 13.0. The van der Waals surface area contributed by atoms with Crippen LogP contribution in [0.1, 0.15) is 43.7 Å². The van der Waals surface area contributed by atoms with Crippen LogP contribution in [-0.4, -0.2) is 52.1 Å². The zero-order valence-corrected chi connectivity index (χ0v) is 18.5. The number of hydrogen-bond donors (Lipinski definition) is 4. The van der Waals surface area contributed by atoms with Gasteiger partial charge in [0.05, 0.1) is 34.8 Å². The number of halogens is 2. The first-order valence-electron chi connectivity index (χ1n) is 9.94. The van der Waals surface area contributed by atoms with Crippen molar-refractivity contribution in [1.82, 2.24) is 15.3 Å². The topological polar surface area (TPSA) is 112 Å². The van der Waals surface area contributed by atoms with Crippen LogP contribution in [0.4, 0.5) is 31.8 Å². The van der Waals surface area contributed by atoms with Gasteiger partial charge in [0, 0.05) is 24.4 Å². The van der Waals surface area contributed by atoms with Crippen LogP contribution in [0.3, 0.4) is 0 Å². The zero-order chi connectivity index (χ0) is 24.1. The molecule has 0 spiro atoms. The Labute approximate surface area is 185 Å². The molecule has 0 radical (unpaired) electrons. The number of amides is 1. The summed E-state index contributed by atoms with van der Waals surface area (Å²) < 4.78 is 28.4. The Bertz CT molecular complexity index is 1000. The van der Waals surface area contributed by atoms with Gasteiger partial charge in [0.1, 0.15) is 12.0 Å². The standard InChI is InChI=1S/C22H28F2N6O2/c1-7-15-17(25-6)8-14(23)20(29-15)30-19-9-16(28-12(2)3)13(10-26-19)21(31)27-11-18(24)22(4,5)32/h7-10,12,18,32H,1,6,11H2,2-5H3,(H,27,31)(H2,26,28,29,30). The normalized spacial score (nSPS) is 12.2. The molecular weight excluding hydrogens is 418 g/mol. The van der Waals surface area contributed by atoms with Crippen LogP contribution < -0.4 is 16.0 Å². The van der Waals surface area contributed by atoms with Gasteiger partial charge in [-0.15, -0.1) is 0 Å². The highest BCUT2D eigenvalue weighted by atomic mass is 19.1. The third-order valence-electron chi connectivity index (χ3n) is 4.40. The minimum atomic E-state index is -1.65. The summed E-state index contributed by atoms with van der Waals surface area (Å²) in [5.41, 5.74) is -0.424. The second-order valence-electron chi connectivity index (χ2n) is 7.96. The number of aliphatic hydroxyl groups is 1. The molecule has 1 unspecified atom stereocenters. The average Bonchev–Trinajstić information content (AvgIpc) is 2.71. The van der Waals surface area contributed by atoms with Crippen molar-refractivity contribution in [3.63, 3.8) is 0 Å². The monoisotopic (exact) mass is 446 g/mol. The summed E-state index contributed by atoms with van der Waals surface area (Å²) in [5, 5.41) is 18.0. The third-order valence-corrected chi connectivity index (χ3v) is 4.40. The van der Waals surface area contributed by atoms with Gasteiger partial charge in [-0.05, 0) is 40.5 Å². The van der Waals surface area contributed by atoms with Gasteiger partial charge in [-0.1, -0.05) is 6.58 Å². The lowest BCUT2D eigenvalue weighted by molar-refractivity contribution is -0.00177. The highest BCUT2D eigenvalue weighted by molar-refractivity contribution is 5.99. The highest BCUT2D eigenvalue weighted by Crippen LogP contribution is 2.27. The van der Waals surface area contributed by atoms with Crippen LogP contribution in [0.5, 0.6) is 0 Å². The molecule has 0 saturated carbocycles. The lowest BCUT2D eigenvalue weighted by Gasteiger charge is -2.23. The number of nitrogens with one attached hydrogen (secondary N) is 3. The number of aliphatic imine (C=N–C) groups is 1. The SMILES string of the molecule is C=Cc1nc(Nc2cc(NC(C)C)c(C(=O)NCC(F)C(C)(C)O)cn2)c(F)cc1N=C. The fourth-order valence-corrected chi connectivity index (χ4v) is 2.64. The van der Waals surface area contributed by atoms with Crippen molar-refractivity contribution >= 4 is 41.7 Å². The van der Waals surface area contributed by atoms with Crippen LogP contribution in [0, 0.1) is 5.82 Å². The van der Waals surface area contributed by atoms with Crippen LogP contribution in [0.2, 0.25) is 0 Å². The summed E-state index contributed by atoms with van der Waals surface area (Å²) in [7, 11) is 0. The lowest BCUT2D eigenvalue weighted by atomic mass is 10.0. The van der Waals surface area contributed by atoms with Gasteiger partial charge in [-0.25, -0.2) is 18.7 Å². The predicted octanol–water partition coefficient (Wildman–Crippen LogP) is 3.99. The number of pyridine rings is 2. The van der Waals surface area contributed by atoms with Crippen molar-refractivity contribution in [2.75, 3.05) is 17.2 Å². The van der Waals surface area contributed by atoms with Crippen LogP contribution >= 0.6 is 0 Å². The maximum atomic E-state index is 14.4. The molecule has 1 atom stereocenters. The van der Waals surface area contributed by atoms with Gasteiger partial charge >= 0.3 is 0 Å². The van der Waals surface area contributed by atoms with Crippen molar-refractivity contribution in [3.8, 4) is 0 Å². The van der Waals surface area contributed by atoms with E-state index in [9.17, 15) is 18.7 Å². The van der Waals surface area contributed by atoms with Gasteiger partial charge in [0.25, 0.3) is 5.91 Å². The average molecular weight is 447 g/mol. The number of carbonyl (C=O) groups is 1. The maximum absolute atomic E-state index is 14.4.